The molecule has 1 amide bonds. The van der Waals surface area contributed by atoms with Crippen molar-refractivity contribution in [2.24, 2.45) is 5.92 Å². The predicted octanol–water partition coefficient (Wildman–Crippen LogP) is 2.68. The molecule has 0 bridgehead atoms. The van der Waals surface area contributed by atoms with Crippen molar-refractivity contribution in [2.75, 3.05) is 13.2 Å². The Morgan fingerprint density at radius 3 is 2.80 bits per heavy atom. The quantitative estimate of drug-likeness (QED) is 0.855. The van der Waals surface area contributed by atoms with E-state index in [4.69, 9.17) is 4.74 Å². The summed E-state index contributed by atoms with van der Waals surface area (Å²) in [5, 5.41) is 2.87. The summed E-state index contributed by atoms with van der Waals surface area (Å²) in [7, 11) is 0. The molecule has 3 heteroatoms. The number of carbonyl (C=O) groups excluding carboxylic acids is 1. The van der Waals surface area contributed by atoms with E-state index in [1.807, 2.05) is 31.2 Å². The van der Waals surface area contributed by atoms with Gasteiger partial charge in [-0.05, 0) is 31.4 Å². The van der Waals surface area contributed by atoms with Crippen molar-refractivity contribution in [2.45, 2.75) is 32.6 Å². The fraction of sp³-hybridized carbons (Fsp3) is 0.471. The number of ether oxygens (including phenoxy) is 1. The van der Waals surface area contributed by atoms with Gasteiger partial charge in [0.25, 0.3) is 0 Å². The lowest BCUT2D eigenvalue weighted by Gasteiger charge is -2.07. The van der Waals surface area contributed by atoms with Crippen molar-refractivity contribution >= 4 is 5.91 Å². The van der Waals surface area contributed by atoms with Gasteiger partial charge in [-0.3, -0.25) is 4.79 Å². The summed E-state index contributed by atoms with van der Waals surface area (Å²) >= 11 is 0. The SMILES string of the molecule is Cc1ccccc1OCC#CCNC(=O)C1CCCC1. The van der Waals surface area contributed by atoms with Crippen LogP contribution in [0.1, 0.15) is 31.2 Å². The number of benzene rings is 1. The average molecular weight is 271 g/mol. The fourth-order valence-electron chi connectivity index (χ4n) is 2.41. The first kappa shape index (κ1) is 14.5. The normalized spacial score (nSPS) is 14.4. The molecule has 1 N–H and O–H groups in total. The van der Waals surface area contributed by atoms with Crippen molar-refractivity contribution in [1.29, 1.82) is 0 Å². The highest BCUT2D eigenvalue weighted by Crippen LogP contribution is 2.24. The lowest BCUT2D eigenvalue weighted by molar-refractivity contribution is -0.124. The van der Waals surface area contributed by atoms with E-state index in [-0.39, 0.29) is 11.8 Å². The van der Waals surface area contributed by atoms with Crippen LogP contribution in [-0.2, 0) is 4.79 Å². The molecular formula is C17H21NO2. The van der Waals surface area contributed by atoms with Gasteiger partial charge in [0.15, 0.2) is 0 Å². The number of rotatable bonds is 4. The Labute approximate surface area is 120 Å². The molecule has 0 heterocycles. The van der Waals surface area contributed by atoms with Crippen molar-refractivity contribution in [3.8, 4) is 17.6 Å². The van der Waals surface area contributed by atoms with Crippen LogP contribution in [0.5, 0.6) is 5.75 Å². The molecule has 106 valence electrons. The Kier molecular flexibility index (Phi) is 5.49. The van der Waals surface area contributed by atoms with E-state index in [0.717, 1.165) is 24.2 Å². The van der Waals surface area contributed by atoms with Gasteiger partial charge in [-0.2, -0.15) is 0 Å². The van der Waals surface area contributed by atoms with E-state index in [1.165, 1.54) is 12.8 Å². The van der Waals surface area contributed by atoms with Crippen LogP contribution >= 0.6 is 0 Å². The van der Waals surface area contributed by atoms with E-state index in [2.05, 4.69) is 17.2 Å². The summed E-state index contributed by atoms with van der Waals surface area (Å²) in [6, 6.07) is 7.85. The zero-order chi connectivity index (χ0) is 14.2. The summed E-state index contributed by atoms with van der Waals surface area (Å²) < 4.78 is 5.56. The van der Waals surface area contributed by atoms with Gasteiger partial charge in [-0.25, -0.2) is 0 Å². The zero-order valence-corrected chi connectivity index (χ0v) is 11.9. The van der Waals surface area contributed by atoms with Crippen molar-refractivity contribution < 1.29 is 9.53 Å². The lowest BCUT2D eigenvalue weighted by Crippen LogP contribution is -2.29. The molecule has 0 spiro atoms. The Hall–Kier alpha value is -1.95. The second-order valence-corrected chi connectivity index (χ2v) is 5.11. The van der Waals surface area contributed by atoms with Crippen molar-refractivity contribution in [3.05, 3.63) is 29.8 Å². The zero-order valence-electron chi connectivity index (χ0n) is 11.9. The van der Waals surface area contributed by atoms with Gasteiger partial charge in [-0.1, -0.05) is 42.9 Å². The van der Waals surface area contributed by atoms with Crippen LogP contribution < -0.4 is 10.1 Å². The molecule has 0 saturated heterocycles. The molecule has 0 unspecified atom stereocenters. The number of para-hydroxylation sites is 1. The molecule has 0 aliphatic heterocycles. The Morgan fingerprint density at radius 2 is 2.05 bits per heavy atom. The highest BCUT2D eigenvalue weighted by Gasteiger charge is 2.21. The largest absolute Gasteiger partial charge is 0.481 e. The smallest absolute Gasteiger partial charge is 0.223 e. The molecule has 1 aliphatic rings. The number of carbonyl (C=O) groups is 1. The molecule has 2 rings (SSSR count). The first-order chi connectivity index (χ1) is 9.77. The van der Waals surface area contributed by atoms with Crippen LogP contribution in [0.15, 0.2) is 24.3 Å². The first-order valence-electron chi connectivity index (χ1n) is 7.19. The molecule has 1 saturated carbocycles. The van der Waals surface area contributed by atoms with Crippen LogP contribution in [0.2, 0.25) is 0 Å². The minimum atomic E-state index is 0.150. The Balaban J connectivity index is 1.65. The Bertz CT molecular complexity index is 507. The maximum Gasteiger partial charge on any atom is 0.223 e. The van der Waals surface area contributed by atoms with Gasteiger partial charge in [-0.15, -0.1) is 0 Å². The third-order valence-corrected chi connectivity index (χ3v) is 3.60. The molecule has 1 fully saturated rings. The van der Waals surface area contributed by atoms with Gasteiger partial charge >= 0.3 is 0 Å². The molecule has 0 aromatic heterocycles. The molecule has 1 aliphatic carbocycles. The maximum atomic E-state index is 11.7. The topological polar surface area (TPSA) is 38.3 Å². The van der Waals surface area contributed by atoms with Crippen molar-refractivity contribution in [1.82, 2.24) is 5.32 Å². The highest BCUT2D eigenvalue weighted by atomic mass is 16.5. The van der Waals surface area contributed by atoms with Gasteiger partial charge < -0.3 is 10.1 Å². The van der Waals surface area contributed by atoms with Crippen LogP contribution in [0.25, 0.3) is 0 Å². The second kappa shape index (κ2) is 7.59. The van der Waals surface area contributed by atoms with Crippen LogP contribution in [0, 0.1) is 24.7 Å². The van der Waals surface area contributed by atoms with Gasteiger partial charge in [0.2, 0.25) is 5.91 Å². The number of hydrogen-bond acceptors (Lipinski definition) is 2. The Morgan fingerprint density at radius 1 is 1.30 bits per heavy atom. The standard InChI is InChI=1S/C17H21NO2/c1-14-8-2-5-11-16(14)20-13-7-6-12-18-17(19)15-9-3-4-10-15/h2,5,8,11,15H,3-4,9-10,12-13H2,1H3,(H,18,19). The molecule has 1 aromatic carbocycles. The monoisotopic (exact) mass is 271 g/mol. The minimum Gasteiger partial charge on any atom is -0.481 e. The number of hydrogen-bond donors (Lipinski definition) is 1. The molecule has 0 atom stereocenters. The second-order valence-electron chi connectivity index (χ2n) is 5.11. The van der Waals surface area contributed by atoms with Crippen LogP contribution in [0.4, 0.5) is 0 Å². The summed E-state index contributed by atoms with van der Waals surface area (Å²) in [6.07, 6.45) is 4.40. The van der Waals surface area contributed by atoms with Crippen molar-refractivity contribution in [3.63, 3.8) is 0 Å². The average Bonchev–Trinajstić information content (AvgIpc) is 2.98. The summed E-state index contributed by atoms with van der Waals surface area (Å²) in [4.78, 5) is 11.7. The molecule has 1 aromatic rings. The fourth-order valence-corrected chi connectivity index (χ4v) is 2.41. The molecule has 20 heavy (non-hydrogen) atoms. The third kappa shape index (κ3) is 4.31. The maximum absolute atomic E-state index is 11.7. The van der Waals surface area contributed by atoms with E-state index in [9.17, 15) is 4.79 Å². The van der Waals surface area contributed by atoms with E-state index in [1.54, 1.807) is 0 Å². The van der Waals surface area contributed by atoms with E-state index >= 15 is 0 Å². The molecular weight excluding hydrogens is 250 g/mol. The predicted molar refractivity (Wildman–Crippen MR) is 79.4 cm³/mol. The number of amides is 1. The first-order valence-corrected chi connectivity index (χ1v) is 7.19. The number of nitrogens with one attached hydrogen (secondary N) is 1. The number of aryl methyl sites for hydroxylation is 1. The van der Waals surface area contributed by atoms with Gasteiger partial charge in [0.1, 0.15) is 12.4 Å². The molecule has 3 nitrogen and oxygen atoms in total. The highest BCUT2D eigenvalue weighted by molar-refractivity contribution is 5.79. The summed E-state index contributed by atoms with van der Waals surface area (Å²) in [5.74, 6) is 7.06. The van der Waals surface area contributed by atoms with E-state index < -0.39 is 0 Å². The lowest BCUT2D eigenvalue weighted by atomic mass is 10.1. The van der Waals surface area contributed by atoms with Crippen LogP contribution in [0.3, 0.4) is 0 Å². The van der Waals surface area contributed by atoms with E-state index in [0.29, 0.717) is 13.2 Å². The summed E-state index contributed by atoms with van der Waals surface area (Å²) in [5.41, 5.74) is 1.10. The molecule has 0 radical (unpaired) electrons. The third-order valence-electron chi connectivity index (χ3n) is 3.60. The minimum absolute atomic E-state index is 0.150. The van der Waals surface area contributed by atoms with Gasteiger partial charge in [0, 0.05) is 5.92 Å². The van der Waals surface area contributed by atoms with Crippen LogP contribution in [-0.4, -0.2) is 19.1 Å². The van der Waals surface area contributed by atoms with Gasteiger partial charge in [0.05, 0.1) is 6.54 Å². The summed E-state index contributed by atoms with van der Waals surface area (Å²) in [6.45, 7) is 2.77.